The molecular formula is C17H17ClN2O2S. The van der Waals surface area contributed by atoms with Crippen molar-refractivity contribution in [2.24, 2.45) is 5.92 Å². The maximum Gasteiger partial charge on any atom is 0.308 e. The molecule has 0 saturated heterocycles. The summed E-state index contributed by atoms with van der Waals surface area (Å²) < 4.78 is 5.90. The van der Waals surface area contributed by atoms with Gasteiger partial charge in [0.15, 0.2) is 0 Å². The minimum Gasteiger partial charge on any atom is -0.469 e. The number of fused-ring (bicyclic) bond motifs is 3. The second-order valence-electron chi connectivity index (χ2n) is 5.53. The van der Waals surface area contributed by atoms with Crippen LogP contribution < -0.4 is 0 Å². The lowest BCUT2D eigenvalue weighted by Crippen LogP contribution is -2.12. The number of hydrogen-bond acceptors (Lipinski definition) is 5. The van der Waals surface area contributed by atoms with Gasteiger partial charge in [0, 0.05) is 16.5 Å². The summed E-state index contributed by atoms with van der Waals surface area (Å²) in [7, 11) is 1.41. The van der Waals surface area contributed by atoms with Crippen LogP contribution in [0.1, 0.15) is 25.6 Å². The van der Waals surface area contributed by atoms with Gasteiger partial charge in [-0.05, 0) is 18.9 Å². The number of aryl methyl sites for hydroxylation is 1. The van der Waals surface area contributed by atoms with Gasteiger partial charge in [0.1, 0.15) is 15.8 Å². The molecular weight excluding hydrogens is 332 g/mol. The number of carbonyl (C=O) groups is 1. The highest BCUT2D eigenvalue weighted by molar-refractivity contribution is 7.25. The molecule has 0 aliphatic carbocycles. The number of halogens is 1. The molecule has 1 aromatic carbocycles. The van der Waals surface area contributed by atoms with Gasteiger partial charge in [0.05, 0.1) is 18.4 Å². The van der Waals surface area contributed by atoms with Crippen LogP contribution in [-0.4, -0.2) is 23.0 Å². The molecule has 120 valence electrons. The van der Waals surface area contributed by atoms with Crippen molar-refractivity contribution in [3.05, 3.63) is 35.2 Å². The SMILES string of the molecule is COC(=O)C(C)CCCc1nc(Cl)c2c(n1)sc1ccccc12. The number of rotatable bonds is 5. The molecule has 0 N–H and O–H groups in total. The first-order valence-electron chi connectivity index (χ1n) is 7.51. The molecule has 3 aromatic rings. The topological polar surface area (TPSA) is 52.1 Å². The second kappa shape index (κ2) is 6.81. The Hall–Kier alpha value is -1.72. The van der Waals surface area contributed by atoms with Crippen molar-refractivity contribution in [3.63, 3.8) is 0 Å². The Kier molecular flexibility index (Phi) is 4.78. The maximum atomic E-state index is 11.4. The largest absolute Gasteiger partial charge is 0.469 e. The first-order valence-corrected chi connectivity index (χ1v) is 8.71. The van der Waals surface area contributed by atoms with E-state index >= 15 is 0 Å². The molecule has 0 aliphatic heterocycles. The van der Waals surface area contributed by atoms with Crippen molar-refractivity contribution < 1.29 is 9.53 Å². The van der Waals surface area contributed by atoms with Crippen LogP contribution in [0.25, 0.3) is 20.3 Å². The van der Waals surface area contributed by atoms with Crippen LogP contribution in [0.2, 0.25) is 5.15 Å². The molecule has 0 spiro atoms. The molecule has 2 heterocycles. The predicted molar refractivity (Wildman–Crippen MR) is 94.0 cm³/mol. The number of carbonyl (C=O) groups excluding carboxylic acids is 1. The first-order chi connectivity index (χ1) is 11.1. The lowest BCUT2D eigenvalue weighted by atomic mass is 10.0. The Balaban J connectivity index is 1.80. The summed E-state index contributed by atoms with van der Waals surface area (Å²) in [6, 6.07) is 8.11. The van der Waals surface area contributed by atoms with Gasteiger partial charge >= 0.3 is 5.97 Å². The standard InChI is InChI=1S/C17H17ClN2O2S/c1-10(17(21)22-2)6-5-9-13-19-15(18)14-11-7-3-4-8-12(11)23-16(14)20-13/h3-4,7-8,10H,5-6,9H2,1-2H3. The lowest BCUT2D eigenvalue weighted by molar-refractivity contribution is -0.145. The fourth-order valence-electron chi connectivity index (χ4n) is 2.62. The molecule has 0 fully saturated rings. The molecule has 0 radical (unpaired) electrons. The molecule has 0 bridgehead atoms. The van der Waals surface area contributed by atoms with Crippen molar-refractivity contribution >= 4 is 49.2 Å². The highest BCUT2D eigenvalue weighted by Gasteiger charge is 2.15. The quantitative estimate of drug-likeness (QED) is 0.498. The van der Waals surface area contributed by atoms with E-state index in [1.807, 2.05) is 25.1 Å². The molecule has 3 rings (SSSR count). The molecule has 1 atom stereocenters. The first kappa shape index (κ1) is 16.1. The van der Waals surface area contributed by atoms with Gasteiger partial charge in [0.25, 0.3) is 0 Å². The molecule has 2 aromatic heterocycles. The zero-order chi connectivity index (χ0) is 16.4. The average molecular weight is 349 g/mol. The number of benzene rings is 1. The lowest BCUT2D eigenvalue weighted by Gasteiger charge is -2.08. The smallest absolute Gasteiger partial charge is 0.308 e. The molecule has 4 nitrogen and oxygen atoms in total. The monoisotopic (exact) mass is 348 g/mol. The van der Waals surface area contributed by atoms with Crippen LogP contribution in [0.15, 0.2) is 24.3 Å². The zero-order valence-electron chi connectivity index (χ0n) is 13.0. The molecule has 0 saturated carbocycles. The van der Waals surface area contributed by atoms with E-state index in [9.17, 15) is 4.79 Å². The van der Waals surface area contributed by atoms with Gasteiger partial charge in [-0.1, -0.05) is 36.7 Å². The van der Waals surface area contributed by atoms with Crippen LogP contribution in [0.4, 0.5) is 0 Å². The minimum atomic E-state index is -0.177. The number of nitrogens with zero attached hydrogens (tertiary/aromatic N) is 2. The van der Waals surface area contributed by atoms with E-state index in [0.717, 1.165) is 39.0 Å². The third-order valence-electron chi connectivity index (χ3n) is 3.88. The molecule has 0 aliphatic rings. The molecule has 6 heteroatoms. The van der Waals surface area contributed by atoms with Crippen molar-refractivity contribution in [1.29, 1.82) is 0 Å². The fourth-order valence-corrected chi connectivity index (χ4v) is 4.06. The maximum absolute atomic E-state index is 11.4. The van der Waals surface area contributed by atoms with E-state index in [1.165, 1.54) is 7.11 Å². The Morgan fingerprint density at radius 1 is 1.35 bits per heavy atom. The highest BCUT2D eigenvalue weighted by atomic mass is 35.5. The Bertz CT molecular complexity index is 862. The number of ether oxygens (including phenoxy) is 1. The van der Waals surface area contributed by atoms with Crippen molar-refractivity contribution in [1.82, 2.24) is 9.97 Å². The summed E-state index contributed by atoms with van der Waals surface area (Å²) in [5.74, 6) is 0.443. The Morgan fingerprint density at radius 3 is 2.91 bits per heavy atom. The van der Waals surface area contributed by atoms with E-state index in [4.69, 9.17) is 16.3 Å². The predicted octanol–water partition coefficient (Wildman–Crippen LogP) is 4.63. The average Bonchev–Trinajstić information content (AvgIpc) is 2.92. The normalized spacial score (nSPS) is 12.7. The third-order valence-corrected chi connectivity index (χ3v) is 5.22. The summed E-state index contributed by atoms with van der Waals surface area (Å²) >= 11 is 8.01. The molecule has 1 unspecified atom stereocenters. The number of hydrogen-bond donors (Lipinski definition) is 0. The Labute approximate surface area is 143 Å². The van der Waals surface area contributed by atoms with Crippen molar-refractivity contribution in [2.75, 3.05) is 7.11 Å². The Morgan fingerprint density at radius 2 is 2.13 bits per heavy atom. The number of methoxy groups -OCH3 is 1. The van der Waals surface area contributed by atoms with Gasteiger partial charge in [-0.15, -0.1) is 11.3 Å². The number of thiophene rings is 1. The summed E-state index contributed by atoms with van der Waals surface area (Å²) in [6.07, 6.45) is 2.27. The van der Waals surface area contributed by atoms with E-state index in [2.05, 4.69) is 16.0 Å². The minimum absolute atomic E-state index is 0.108. The summed E-state index contributed by atoms with van der Waals surface area (Å²) in [4.78, 5) is 21.4. The van der Waals surface area contributed by atoms with Gasteiger partial charge in [-0.25, -0.2) is 9.97 Å². The fraction of sp³-hybridized carbons (Fsp3) is 0.353. The van der Waals surface area contributed by atoms with E-state index in [-0.39, 0.29) is 11.9 Å². The van der Waals surface area contributed by atoms with Crippen molar-refractivity contribution in [2.45, 2.75) is 26.2 Å². The second-order valence-corrected chi connectivity index (χ2v) is 6.91. The highest BCUT2D eigenvalue weighted by Crippen LogP contribution is 2.36. The number of esters is 1. The van der Waals surface area contributed by atoms with Gasteiger partial charge in [0.2, 0.25) is 0 Å². The van der Waals surface area contributed by atoms with Gasteiger partial charge in [-0.2, -0.15) is 0 Å². The summed E-state index contributed by atoms with van der Waals surface area (Å²) in [5.41, 5.74) is 0. The van der Waals surface area contributed by atoms with Crippen LogP contribution in [-0.2, 0) is 16.0 Å². The van der Waals surface area contributed by atoms with Crippen LogP contribution >= 0.6 is 22.9 Å². The van der Waals surface area contributed by atoms with Crippen LogP contribution in [0.5, 0.6) is 0 Å². The van der Waals surface area contributed by atoms with Crippen LogP contribution in [0, 0.1) is 5.92 Å². The van der Waals surface area contributed by atoms with E-state index in [0.29, 0.717) is 11.6 Å². The third kappa shape index (κ3) is 3.31. The zero-order valence-corrected chi connectivity index (χ0v) is 14.6. The number of aromatic nitrogens is 2. The van der Waals surface area contributed by atoms with E-state index < -0.39 is 0 Å². The summed E-state index contributed by atoms with van der Waals surface area (Å²) in [5, 5.41) is 2.53. The summed E-state index contributed by atoms with van der Waals surface area (Å²) in [6.45, 7) is 1.87. The molecule has 0 amide bonds. The van der Waals surface area contributed by atoms with Gasteiger partial charge in [-0.3, -0.25) is 4.79 Å². The van der Waals surface area contributed by atoms with Gasteiger partial charge < -0.3 is 4.74 Å². The molecule has 23 heavy (non-hydrogen) atoms. The van der Waals surface area contributed by atoms with E-state index in [1.54, 1.807) is 11.3 Å². The van der Waals surface area contributed by atoms with Crippen LogP contribution in [0.3, 0.4) is 0 Å². The van der Waals surface area contributed by atoms with Crippen molar-refractivity contribution in [3.8, 4) is 0 Å².